The highest BCUT2D eigenvalue weighted by Crippen LogP contribution is 2.10. The van der Waals surface area contributed by atoms with Crippen molar-refractivity contribution < 1.29 is 9.90 Å². The molecule has 2 heterocycles. The Morgan fingerprint density at radius 1 is 1.43 bits per heavy atom. The highest BCUT2D eigenvalue weighted by Gasteiger charge is 2.24. The largest absolute Gasteiger partial charge is 0.480 e. The molecule has 0 aromatic carbocycles. The van der Waals surface area contributed by atoms with E-state index in [4.69, 9.17) is 5.11 Å². The Bertz CT molecular complexity index is 345. The van der Waals surface area contributed by atoms with E-state index in [1.807, 2.05) is 0 Å². The summed E-state index contributed by atoms with van der Waals surface area (Å²) >= 11 is 0. The predicted octanol–water partition coefficient (Wildman–Crippen LogP) is -0.00270. The highest BCUT2D eigenvalue weighted by molar-refractivity contribution is 5.85. The monoisotopic (exact) mass is 215 g/mol. The smallest absolute Gasteiger partial charge is 0.321 e. The summed E-state index contributed by atoms with van der Waals surface area (Å²) in [5, 5.41) is 11.6. The molecule has 1 aliphatic rings. The fraction of sp³-hybridized carbons (Fsp3) is 0.375. The molecule has 2 rings (SSSR count). The molecule has 1 aromatic heterocycles. The summed E-state index contributed by atoms with van der Waals surface area (Å²) in [6, 6.07) is -0.524. The summed E-state index contributed by atoms with van der Waals surface area (Å²) in [7, 11) is 0. The number of nitrogens with zero attached hydrogens (tertiary/aromatic N) is 2. The fourth-order valence-corrected chi connectivity index (χ4v) is 1.37. The lowest BCUT2D eigenvalue weighted by molar-refractivity contribution is -0.139. The van der Waals surface area contributed by atoms with Gasteiger partial charge < -0.3 is 5.11 Å². The molecule has 76 valence electrons. The molecule has 1 unspecified atom stereocenters. The van der Waals surface area contributed by atoms with Crippen molar-refractivity contribution in [2.24, 2.45) is 0 Å². The summed E-state index contributed by atoms with van der Waals surface area (Å²) < 4.78 is 0. The van der Waals surface area contributed by atoms with Crippen LogP contribution in [-0.2, 0) is 17.8 Å². The average molecular weight is 216 g/mol. The van der Waals surface area contributed by atoms with Gasteiger partial charge in [-0.1, -0.05) is 0 Å². The third-order valence-corrected chi connectivity index (χ3v) is 2.07. The van der Waals surface area contributed by atoms with Crippen LogP contribution in [0.1, 0.15) is 11.4 Å². The molecule has 0 saturated carbocycles. The SMILES string of the molecule is Cl.O=C(O)C1Cc2nccnc2CN1. The molecule has 0 saturated heterocycles. The Hall–Kier alpha value is -1.20. The number of halogens is 1. The highest BCUT2D eigenvalue weighted by atomic mass is 35.5. The first-order chi connectivity index (χ1) is 6.27. The van der Waals surface area contributed by atoms with E-state index >= 15 is 0 Å². The molecular weight excluding hydrogens is 206 g/mol. The lowest BCUT2D eigenvalue weighted by atomic mass is 10.1. The molecule has 6 heteroatoms. The lowest BCUT2D eigenvalue weighted by Crippen LogP contribution is -2.42. The summed E-state index contributed by atoms with van der Waals surface area (Å²) in [4.78, 5) is 18.8. The van der Waals surface area contributed by atoms with E-state index in [2.05, 4.69) is 15.3 Å². The number of rotatable bonds is 1. The summed E-state index contributed by atoms with van der Waals surface area (Å²) in [5.74, 6) is -0.837. The average Bonchev–Trinajstić information content (AvgIpc) is 2.17. The second kappa shape index (κ2) is 4.34. The number of carboxylic acid groups (broad SMARTS) is 1. The van der Waals surface area contributed by atoms with E-state index in [-0.39, 0.29) is 12.4 Å². The molecule has 1 aliphatic heterocycles. The van der Waals surface area contributed by atoms with Gasteiger partial charge in [0.05, 0.1) is 11.4 Å². The molecule has 2 N–H and O–H groups in total. The topological polar surface area (TPSA) is 75.1 Å². The van der Waals surface area contributed by atoms with E-state index in [9.17, 15) is 4.79 Å². The van der Waals surface area contributed by atoms with Gasteiger partial charge in [-0.05, 0) is 0 Å². The third kappa shape index (κ3) is 2.00. The van der Waals surface area contributed by atoms with Crippen LogP contribution >= 0.6 is 12.4 Å². The van der Waals surface area contributed by atoms with Gasteiger partial charge in [0.15, 0.2) is 0 Å². The minimum atomic E-state index is -0.837. The van der Waals surface area contributed by atoms with Crippen LogP contribution in [0, 0.1) is 0 Å². The van der Waals surface area contributed by atoms with Gasteiger partial charge in [0, 0.05) is 25.4 Å². The molecule has 1 atom stereocenters. The van der Waals surface area contributed by atoms with Crippen LogP contribution in [0.5, 0.6) is 0 Å². The number of carbonyl (C=O) groups is 1. The molecule has 0 spiro atoms. The zero-order valence-corrected chi connectivity index (χ0v) is 8.12. The number of hydrogen-bond acceptors (Lipinski definition) is 4. The molecule has 0 bridgehead atoms. The quantitative estimate of drug-likeness (QED) is 0.690. The first-order valence-electron chi connectivity index (χ1n) is 4.02. The summed E-state index contributed by atoms with van der Waals surface area (Å²) in [6.45, 7) is 0.486. The predicted molar refractivity (Wildman–Crippen MR) is 51.2 cm³/mol. The standard InChI is InChI=1S/C8H9N3O2.ClH/c12-8(13)6-3-5-7(4-11-6)10-2-1-9-5;/h1-2,6,11H,3-4H2,(H,12,13);1H. The van der Waals surface area contributed by atoms with Gasteiger partial charge in [0.2, 0.25) is 0 Å². The van der Waals surface area contributed by atoms with Crippen LogP contribution in [0.25, 0.3) is 0 Å². The number of hydrogen-bond donors (Lipinski definition) is 2. The zero-order chi connectivity index (χ0) is 9.26. The van der Waals surface area contributed by atoms with E-state index < -0.39 is 12.0 Å². The number of nitrogens with one attached hydrogen (secondary N) is 1. The van der Waals surface area contributed by atoms with E-state index in [0.717, 1.165) is 11.4 Å². The second-order valence-corrected chi connectivity index (χ2v) is 2.93. The number of aromatic nitrogens is 2. The van der Waals surface area contributed by atoms with Crippen LogP contribution < -0.4 is 5.32 Å². The van der Waals surface area contributed by atoms with E-state index in [1.165, 1.54) is 0 Å². The van der Waals surface area contributed by atoms with Crippen molar-refractivity contribution in [1.29, 1.82) is 0 Å². The molecule has 0 aliphatic carbocycles. The van der Waals surface area contributed by atoms with Gasteiger partial charge in [-0.3, -0.25) is 20.1 Å². The first kappa shape index (κ1) is 10.9. The molecular formula is C8H10ClN3O2. The Morgan fingerprint density at radius 2 is 2.07 bits per heavy atom. The maximum atomic E-state index is 10.7. The van der Waals surface area contributed by atoms with E-state index in [1.54, 1.807) is 12.4 Å². The van der Waals surface area contributed by atoms with Crippen LogP contribution in [0.4, 0.5) is 0 Å². The summed E-state index contributed by atoms with van der Waals surface area (Å²) in [5.41, 5.74) is 1.63. The Balaban J connectivity index is 0.000000980. The number of fused-ring (bicyclic) bond motifs is 1. The first-order valence-corrected chi connectivity index (χ1v) is 4.02. The van der Waals surface area contributed by atoms with Gasteiger partial charge >= 0.3 is 5.97 Å². The zero-order valence-electron chi connectivity index (χ0n) is 7.30. The minimum Gasteiger partial charge on any atom is -0.480 e. The van der Waals surface area contributed by atoms with Crippen molar-refractivity contribution in [3.05, 3.63) is 23.8 Å². The van der Waals surface area contributed by atoms with Crippen LogP contribution in [-0.4, -0.2) is 27.1 Å². The van der Waals surface area contributed by atoms with Crippen molar-refractivity contribution in [2.75, 3.05) is 0 Å². The molecule has 0 amide bonds. The lowest BCUT2D eigenvalue weighted by Gasteiger charge is -2.20. The molecule has 0 fully saturated rings. The number of aliphatic carboxylic acids is 1. The van der Waals surface area contributed by atoms with Gasteiger partial charge in [-0.15, -0.1) is 12.4 Å². The fourth-order valence-electron chi connectivity index (χ4n) is 1.37. The van der Waals surface area contributed by atoms with Gasteiger partial charge in [-0.2, -0.15) is 0 Å². The van der Waals surface area contributed by atoms with Crippen molar-refractivity contribution in [3.63, 3.8) is 0 Å². The van der Waals surface area contributed by atoms with Crippen molar-refractivity contribution in [1.82, 2.24) is 15.3 Å². The molecule has 14 heavy (non-hydrogen) atoms. The Labute approximate surface area is 87.0 Å². The third-order valence-electron chi connectivity index (χ3n) is 2.07. The second-order valence-electron chi connectivity index (χ2n) is 2.93. The van der Waals surface area contributed by atoms with E-state index in [0.29, 0.717) is 13.0 Å². The molecule has 1 aromatic rings. The Kier molecular flexibility index (Phi) is 3.38. The molecule has 5 nitrogen and oxygen atoms in total. The van der Waals surface area contributed by atoms with Gasteiger partial charge in [-0.25, -0.2) is 0 Å². The van der Waals surface area contributed by atoms with Crippen molar-refractivity contribution in [2.45, 2.75) is 19.0 Å². The van der Waals surface area contributed by atoms with Gasteiger partial charge in [0.25, 0.3) is 0 Å². The van der Waals surface area contributed by atoms with Crippen LogP contribution in [0.2, 0.25) is 0 Å². The normalized spacial score (nSPS) is 19.3. The Morgan fingerprint density at radius 3 is 2.71 bits per heavy atom. The number of carboxylic acids is 1. The van der Waals surface area contributed by atoms with Crippen LogP contribution in [0.3, 0.4) is 0 Å². The maximum Gasteiger partial charge on any atom is 0.321 e. The van der Waals surface area contributed by atoms with Gasteiger partial charge in [0.1, 0.15) is 6.04 Å². The summed E-state index contributed by atoms with van der Waals surface area (Å²) in [6.07, 6.45) is 3.61. The minimum absolute atomic E-state index is 0. The maximum absolute atomic E-state index is 10.7. The van der Waals surface area contributed by atoms with Crippen molar-refractivity contribution in [3.8, 4) is 0 Å². The van der Waals surface area contributed by atoms with Crippen LogP contribution in [0.15, 0.2) is 12.4 Å². The molecule has 0 radical (unpaired) electrons. The van der Waals surface area contributed by atoms with Crippen molar-refractivity contribution >= 4 is 18.4 Å².